The lowest BCUT2D eigenvalue weighted by Crippen LogP contribution is -2.18. The summed E-state index contributed by atoms with van der Waals surface area (Å²) in [7, 11) is 0. The Labute approximate surface area is 186 Å². The molecule has 0 saturated carbocycles. The minimum absolute atomic E-state index is 0.0168. The Morgan fingerprint density at radius 3 is 2.19 bits per heavy atom. The van der Waals surface area contributed by atoms with E-state index in [0.29, 0.717) is 25.8 Å². The standard InChI is InChI=1S/C27H34O4/c1-5-18-29-21-30-19-8-7-9-22-10-12-23(13-11-22)27(3,4)24-14-16-26(17-15-24)31-20-25(28)6-2/h5-6,10-17H,1-2,7-9,18-21H2,3-4H3. The van der Waals surface area contributed by atoms with Crippen LogP contribution in [0.4, 0.5) is 0 Å². The number of carbonyl (C=O) groups is 1. The zero-order chi connectivity index (χ0) is 22.5. The van der Waals surface area contributed by atoms with Gasteiger partial charge in [0.2, 0.25) is 0 Å². The molecule has 0 unspecified atom stereocenters. The molecule has 2 aromatic rings. The molecule has 0 aliphatic rings. The van der Waals surface area contributed by atoms with Crippen LogP contribution >= 0.6 is 0 Å². The number of aryl methyl sites for hydroxylation is 1. The second-order valence-corrected chi connectivity index (χ2v) is 7.95. The van der Waals surface area contributed by atoms with Crippen LogP contribution in [0.15, 0.2) is 73.8 Å². The summed E-state index contributed by atoms with van der Waals surface area (Å²) in [6.45, 7) is 13.1. The van der Waals surface area contributed by atoms with Crippen LogP contribution in [0.25, 0.3) is 0 Å². The third kappa shape index (κ3) is 8.16. The molecule has 2 aromatic carbocycles. The van der Waals surface area contributed by atoms with E-state index in [1.165, 1.54) is 22.8 Å². The van der Waals surface area contributed by atoms with Crippen LogP contribution in [0, 0.1) is 0 Å². The lowest BCUT2D eigenvalue weighted by Gasteiger charge is -2.26. The fourth-order valence-electron chi connectivity index (χ4n) is 3.22. The first-order valence-corrected chi connectivity index (χ1v) is 10.7. The number of unbranched alkanes of at least 4 members (excludes halogenated alkanes) is 1. The molecule has 4 nitrogen and oxygen atoms in total. The van der Waals surface area contributed by atoms with E-state index in [1.807, 2.05) is 12.1 Å². The average molecular weight is 423 g/mol. The second kappa shape index (κ2) is 12.9. The summed E-state index contributed by atoms with van der Waals surface area (Å²) in [6, 6.07) is 16.8. The quantitative estimate of drug-likeness (QED) is 0.161. The molecule has 166 valence electrons. The Hall–Kier alpha value is -2.69. The molecular formula is C27H34O4. The summed E-state index contributed by atoms with van der Waals surface area (Å²) in [5.74, 6) is 0.552. The molecule has 0 amide bonds. The van der Waals surface area contributed by atoms with Crippen molar-refractivity contribution in [2.45, 2.75) is 38.5 Å². The highest BCUT2D eigenvalue weighted by Gasteiger charge is 2.23. The first kappa shape index (κ1) is 24.6. The third-order valence-corrected chi connectivity index (χ3v) is 5.27. The van der Waals surface area contributed by atoms with Crippen molar-refractivity contribution in [2.24, 2.45) is 0 Å². The molecule has 0 aromatic heterocycles. The molecule has 0 aliphatic heterocycles. The highest BCUT2D eigenvalue weighted by molar-refractivity contribution is 5.90. The van der Waals surface area contributed by atoms with Gasteiger partial charge in [0, 0.05) is 12.0 Å². The largest absolute Gasteiger partial charge is 0.485 e. The Kier molecular flexibility index (Phi) is 10.2. The molecule has 0 spiro atoms. The zero-order valence-corrected chi connectivity index (χ0v) is 18.8. The Balaban J connectivity index is 1.84. The van der Waals surface area contributed by atoms with Crippen LogP contribution in [0.5, 0.6) is 5.75 Å². The van der Waals surface area contributed by atoms with Crippen molar-refractivity contribution in [3.05, 3.63) is 90.5 Å². The van der Waals surface area contributed by atoms with Crippen LogP contribution in [0.2, 0.25) is 0 Å². The normalized spacial score (nSPS) is 11.2. The van der Waals surface area contributed by atoms with Crippen LogP contribution in [-0.2, 0) is 26.1 Å². The minimum Gasteiger partial charge on any atom is -0.485 e. The molecule has 0 heterocycles. The maximum atomic E-state index is 11.3. The van der Waals surface area contributed by atoms with Gasteiger partial charge in [0.05, 0.1) is 6.61 Å². The highest BCUT2D eigenvalue weighted by Crippen LogP contribution is 2.32. The predicted molar refractivity (Wildman–Crippen MR) is 126 cm³/mol. The van der Waals surface area contributed by atoms with Crippen molar-refractivity contribution in [1.82, 2.24) is 0 Å². The third-order valence-electron chi connectivity index (χ3n) is 5.27. The topological polar surface area (TPSA) is 44.8 Å². The van der Waals surface area contributed by atoms with Crippen molar-refractivity contribution in [3.8, 4) is 5.75 Å². The molecule has 31 heavy (non-hydrogen) atoms. The molecule has 0 bridgehead atoms. The first-order chi connectivity index (χ1) is 15.0. The number of ketones is 1. The van der Waals surface area contributed by atoms with E-state index in [-0.39, 0.29) is 17.8 Å². The van der Waals surface area contributed by atoms with Gasteiger partial charge in [0.15, 0.2) is 12.4 Å². The van der Waals surface area contributed by atoms with Crippen LogP contribution in [-0.4, -0.2) is 32.4 Å². The van der Waals surface area contributed by atoms with E-state index in [0.717, 1.165) is 19.3 Å². The van der Waals surface area contributed by atoms with Gasteiger partial charge >= 0.3 is 0 Å². The molecule has 0 aliphatic carbocycles. The molecule has 0 N–H and O–H groups in total. The summed E-state index contributed by atoms with van der Waals surface area (Å²) in [4.78, 5) is 11.3. The lowest BCUT2D eigenvalue weighted by atomic mass is 9.78. The van der Waals surface area contributed by atoms with Crippen molar-refractivity contribution >= 4 is 5.78 Å². The molecular weight excluding hydrogens is 388 g/mol. The second-order valence-electron chi connectivity index (χ2n) is 7.95. The minimum atomic E-state index is -0.132. The molecule has 2 rings (SSSR count). The van der Waals surface area contributed by atoms with Gasteiger partial charge in [-0.05, 0) is 54.2 Å². The smallest absolute Gasteiger partial charge is 0.192 e. The number of benzene rings is 2. The fourth-order valence-corrected chi connectivity index (χ4v) is 3.22. The van der Waals surface area contributed by atoms with Gasteiger partial charge in [0.25, 0.3) is 0 Å². The maximum Gasteiger partial charge on any atom is 0.192 e. The molecule has 0 radical (unpaired) electrons. The Morgan fingerprint density at radius 1 is 0.935 bits per heavy atom. The van der Waals surface area contributed by atoms with Gasteiger partial charge in [-0.15, -0.1) is 6.58 Å². The molecule has 0 saturated heterocycles. The number of carbonyl (C=O) groups excluding carboxylic acids is 1. The zero-order valence-electron chi connectivity index (χ0n) is 18.8. The molecule has 0 atom stereocenters. The number of hydrogen-bond acceptors (Lipinski definition) is 4. The molecule has 4 heteroatoms. The highest BCUT2D eigenvalue weighted by atomic mass is 16.7. The van der Waals surface area contributed by atoms with Crippen molar-refractivity contribution in [1.29, 1.82) is 0 Å². The van der Waals surface area contributed by atoms with E-state index in [9.17, 15) is 4.79 Å². The van der Waals surface area contributed by atoms with E-state index in [1.54, 1.807) is 6.08 Å². The van der Waals surface area contributed by atoms with Gasteiger partial charge in [-0.3, -0.25) is 4.79 Å². The van der Waals surface area contributed by atoms with E-state index >= 15 is 0 Å². The van der Waals surface area contributed by atoms with Crippen LogP contribution in [0.3, 0.4) is 0 Å². The van der Waals surface area contributed by atoms with Gasteiger partial charge in [0.1, 0.15) is 12.5 Å². The van der Waals surface area contributed by atoms with Gasteiger partial charge in [-0.25, -0.2) is 0 Å². The van der Waals surface area contributed by atoms with Crippen LogP contribution < -0.4 is 4.74 Å². The number of rotatable bonds is 15. The van der Waals surface area contributed by atoms with Crippen molar-refractivity contribution in [2.75, 3.05) is 26.6 Å². The van der Waals surface area contributed by atoms with Gasteiger partial charge in [-0.2, -0.15) is 0 Å². The monoisotopic (exact) mass is 422 g/mol. The van der Waals surface area contributed by atoms with E-state index in [4.69, 9.17) is 14.2 Å². The van der Waals surface area contributed by atoms with Gasteiger partial charge < -0.3 is 14.2 Å². The number of ether oxygens (including phenoxy) is 3. The Morgan fingerprint density at radius 2 is 1.58 bits per heavy atom. The van der Waals surface area contributed by atoms with Gasteiger partial charge in [-0.1, -0.05) is 62.9 Å². The summed E-state index contributed by atoms with van der Waals surface area (Å²) >= 11 is 0. The van der Waals surface area contributed by atoms with Crippen molar-refractivity contribution in [3.63, 3.8) is 0 Å². The number of hydrogen-bond donors (Lipinski definition) is 0. The van der Waals surface area contributed by atoms with Crippen LogP contribution in [0.1, 0.15) is 43.4 Å². The average Bonchev–Trinajstić information content (AvgIpc) is 2.79. The summed E-state index contributed by atoms with van der Waals surface area (Å²) in [5, 5.41) is 0. The first-order valence-electron chi connectivity index (χ1n) is 10.7. The Bertz CT molecular complexity index is 819. The van der Waals surface area contributed by atoms with E-state index in [2.05, 4.69) is 63.4 Å². The SMILES string of the molecule is C=CCOCOCCCCc1ccc(C(C)(C)c2ccc(OCC(=O)C=C)cc2)cc1. The summed E-state index contributed by atoms with van der Waals surface area (Å²) < 4.78 is 16.1. The fraction of sp³-hybridized carbons (Fsp3) is 0.370. The summed E-state index contributed by atoms with van der Waals surface area (Å²) in [5.41, 5.74) is 3.65. The lowest BCUT2D eigenvalue weighted by molar-refractivity contribution is -0.116. The van der Waals surface area contributed by atoms with E-state index < -0.39 is 0 Å². The predicted octanol–water partition coefficient (Wildman–Crippen LogP) is 5.65. The summed E-state index contributed by atoms with van der Waals surface area (Å²) in [6.07, 6.45) is 6.12. The van der Waals surface area contributed by atoms with Crippen molar-refractivity contribution < 1.29 is 19.0 Å². The molecule has 0 fully saturated rings. The maximum absolute atomic E-state index is 11.3.